The number of nitrogens with one attached hydrogen (secondary N) is 3. The first kappa shape index (κ1) is 18.5. The molecule has 5 heteroatoms. The second kappa shape index (κ2) is 9.47. The van der Waals surface area contributed by atoms with Gasteiger partial charge in [-0.05, 0) is 37.1 Å². The number of aryl methyl sites for hydroxylation is 1. The highest BCUT2D eigenvalue weighted by molar-refractivity contribution is 5.88. The van der Waals surface area contributed by atoms with Crippen LogP contribution in [0.25, 0.3) is 0 Å². The number of amides is 1. The number of rotatable bonds is 6. The number of carbonyl (C=O) groups excluding carboxylic acids is 1. The standard InChI is InChI=1S/C20H26N4O/c1-4-21-20(22-13-17-8-5-7-15(2)11-17)23-14-18-9-6-10-19(12-18)24-16(3)25/h5-12H,4,13-14H2,1-3H3,(H,24,25)(H2,21,22,23). The molecule has 0 atom stereocenters. The fourth-order valence-electron chi connectivity index (χ4n) is 2.47. The van der Waals surface area contributed by atoms with Crippen molar-refractivity contribution >= 4 is 17.6 Å². The van der Waals surface area contributed by atoms with Crippen molar-refractivity contribution < 1.29 is 4.79 Å². The Morgan fingerprint density at radius 1 is 1.04 bits per heavy atom. The first-order chi connectivity index (χ1) is 12.1. The van der Waals surface area contributed by atoms with E-state index in [2.05, 4.69) is 46.1 Å². The van der Waals surface area contributed by atoms with E-state index in [1.165, 1.54) is 18.1 Å². The minimum Gasteiger partial charge on any atom is -0.357 e. The summed E-state index contributed by atoms with van der Waals surface area (Å²) >= 11 is 0. The number of guanidine groups is 1. The summed E-state index contributed by atoms with van der Waals surface area (Å²) in [6.45, 7) is 7.69. The number of carbonyl (C=O) groups is 1. The fraction of sp³-hybridized carbons (Fsp3) is 0.300. The van der Waals surface area contributed by atoms with Crippen LogP contribution in [0.4, 0.5) is 5.69 Å². The van der Waals surface area contributed by atoms with Gasteiger partial charge in [0.1, 0.15) is 0 Å². The topological polar surface area (TPSA) is 65.5 Å². The van der Waals surface area contributed by atoms with Crippen LogP contribution < -0.4 is 16.0 Å². The molecule has 0 fully saturated rings. The minimum absolute atomic E-state index is 0.0711. The molecule has 2 aromatic carbocycles. The molecule has 3 N–H and O–H groups in total. The van der Waals surface area contributed by atoms with Gasteiger partial charge in [-0.25, -0.2) is 4.99 Å². The van der Waals surface area contributed by atoms with Gasteiger partial charge in [-0.3, -0.25) is 4.79 Å². The number of benzene rings is 2. The second-order valence-electron chi connectivity index (χ2n) is 5.92. The second-order valence-corrected chi connectivity index (χ2v) is 5.92. The molecule has 0 heterocycles. The third-order valence-corrected chi connectivity index (χ3v) is 3.55. The highest BCUT2D eigenvalue weighted by Crippen LogP contribution is 2.10. The van der Waals surface area contributed by atoms with Gasteiger partial charge in [0.05, 0.1) is 6.54 Å². The van der Waals surface area contributed by atoms with Crippen LogP contribution in [-0.4, -0.2) is 18.4 Å². The van der Waals surface area contributed by atoms with E-state index in [1.54, 1.807) is 0 Å². The van der Waals surface area contributed by atoms with Crippen molar-refractivity contribution in [2.75, 3.05) is 11.9 Å². The molecule has 25 heavy (non-hydrogen) atoms. The molecule has 5 nitrogen and oxygen atoms in total. The smallest absolute Gasteiger partial charge is 0.221 e. The van der Waals surface area contributed by atoms with E-state index >= 15 is 0 Å². The summed E-state index contributed by atoms with van der Waals surface area (Å²) in [5.74, 6) is 0.701. The molecule has 0 spiro atoms. The van der Waals surface area contributed by atoms with Crippen LogP contribution in [0.5, 0.6) is 0 Å². The highest BCUT2D eigenvalue weighted by atomic mass is 16.1. The number of anilines is 1. The Labute approximate surface area is 149 Å². The summed E-state index contributed by atoms with van der Waals surface area (Å²) in [5.41, 5.74) is 4.30. The normalized spacial score (nSPS) is 11.1. The van der Waals surface area contributed by atoms with Crippen molar-refractivity contribution in [2.24, 2.45) is 4.99 Å². The number of hydrogen-bond acceptors (Lipinski definition) is 2. The van der Waals surface area contributed by atoms with Gasteiger partial charge in [-0.2, -0.15) is 0 Å². The van der Waals surface area contributed by atoms with Crippen molar-refractivity contribution in [1.82, 2.24) is 10.6 Å². The van der Waals surface area contributed by atoms with E-state index in [-0.39, 0.29) is 5.91 Å². The van der Waals surface area contributed by atoms with Gasteiger partial charge in [0.25, 0.3) is 0 Å². The lowest BCUT2D eigenvalue weighted by Gasteiger charge is -2.12. The van der Waals surface area contributed by atoms with Crippen LogP contribution in [0.2, 0.25) is 0 Å². The third kappa shape index (κ3) is 6.67. The molecule has 0 bridgehead atoms. The molecule has 2 rings (SSSR count). The molecule has 0 aliphatic heterocycles. The Bertz CT molecular complexity index is 740. The number of aliphatic imine (C=N–C) groups is 1. The SMILES string of the molecule is CCNC(=NCc1cccc(C)c1)NCc1cccc(NC(C)=O)c1. The molecule has 0 aliphatic rings. The maximum atomic E-state index is 11.2. The van der Waals surface area contributed by atoms with E-state index in [4.69, 9.17) is 0 Å². The van der Waals surface area contributed by atoms with E-state index in [1.807, 2.05) is 37.3 Å². The predicted octanol–water partition coefficient (Wildman–Crippen LogP) is 3.21. The largest absolute Gasteiger partial charge is 0.357 e. The van der Waals surface area contributed by atoms with Gasteiger partial charge >= 0.3 is 0 Å². The maximum Gasteiger partial charge on any atom is 0.221 e. The molecular weight excluding hydrogens is 312 g/mol. The van der Waals surface area contributed by atoms with Crippen molar-refractivity contribution in [3.8, 4) is 0 Å². The lowest BCUT2D eigenvalue weighted by molar-refractivity contribution is -0.114. The summed E-state index contributed by atoms with van der Waals surface area (Å²) in [4.78, 5) is 15.8. The number of hydrogen-bond donors (Lipinski definition) is 3. The van der Waals surface area contributed by atoms with E-state index in [0.717, 1.165) is 23.8 Å². The van der Waals surface area contributed by atoms with Gasteiger partial charge in [0.15, 0.2) is 5.96 Å². The van der Waals surface area contributed by atoms with Gasteiger partial charge in [0, 0.05) is 25.7 Å². The first-order valence-corrected chi connectivity index (χ1v) is 8.51. The Balaban J connectivity index is 1.99. The summed E-state index contributed by atoms with van der Waals surface area (Å²) in [5, 5.41) is 9.38. The van der Waals surface area contributed by atoms with E-state index in [0.29, 0.717) is 13.1 Å². The van der Waals surface area contributed by atoms with E-state index < -0.39 is 0 Å². The van der Waals surface area contributed by atoms with Gasteiger partial charge < -0.3 is 16.0 Å². The van der Waals surface area contributed by atoms with Gasteiger partial charge in [-0.1, -0.05) is 42.0 Å². The zero-order chi connectivity index (χ0) is 18.1. The molecule has 2 aromatic rings. The van der Waals surface area contributed by atoms with E-state index in [9.17, 15) is 4.79 Å². The maximum absolute atomic E-state index is 11.2. The average Bonchev–Trinajstić information content (AvgIpc) is 2.57. The molecular formula is C20H26N4O. The molecule has 0 aliphatic carbocycles. The summed E-state index contributed by atoms with van der Waals surface area (Å²) < 4.78 is 0. The van der Waals surface area contributed by atoms with Crippen molar-refractivity contribution in [2.45, 2.75) is 33.9 Å². The van der Waals surface area contributed by atoms with Crippen LogP contribution in [0.1, 0.15) is 30.5 Å². The monoisotopic (exact) mass is 338 g/mol. The summed E-state index contributed by atoms with van der Waals surface area (Å²) in [7, 11) is 0. The van der Waals surface area contributed by atoms with Crippen LogP contribution in [0.3, 0.4) is 0 Å². The Kier molecular flexibility index (Phi) is 7.01. The Morgan fingerprint density at radius 2 is 1.80 bits per heavy atom. The molecule has 0 aromatic heterocycles. The van der Waals surface area contributed by atoms with Crippen molar-refractivity contribution in [3.63, 3.8) is 0 Å². The summed E-state index contributed by atoms with van der Waals surface area (Å²) in [6, 6.07) is 16.1. The van der Waals surface area contributed by atoms with Crippen molar-refractivity contribution in [1.29, 1.82) is 0 Å². The van der Waals surface area contributed by atoms with Crippen LogP contribution in [0.15, 0.2) is 53.5 Å². The zero-order valence-corrected chi connectivity index (χ0v) is 15.1. The lowest BCUT2D eigenvalue weighted by atomic mass is 10.1. The highest BCUT2D eigenvalue weighted by Gasteiger charge is 2.01. The first-order valence-electron chi connectivity index (χ1n) is 8.51. The molecule has 0 saturated carbocycles. The molecule has 0 saturated heterocycles. The van der Waals surface area contributed by atoms with Crippen molar-refractivity contribution in [3.05, 3.63) is 65.2 Å². The van der Waals surface area contributed by atoms with Gasteiger partial charge in [0.2, 0.25) is 5.91 Å². The quantitative estimate of drug-likeness (QED) is 0.560. The third-order valence-electron chi connectivity index (χ3n) is 3.55. The lowest BCUT2D eigenvalue weighted by Crippen LogP contribution is -2.36. The molecule has 132 valence electrons. The zero-order valence-electron chi connectivity index (χ0n) is 15.1. The molecule has 1 amide bonds. The van der Waals surface area contributed by atoms with Crippen LogP contribution >= 0.6 is 0 Å². The van der Waals surface area contributed by atoms with Crippen LogP contribution in [-0.2, 0) is 17.9 Å². The Morgan fingerprint density at radius 3 is 2.52 bits per heavy atom. The predicted molar refractivity (Wildman–Crippen MR) is 104 cm³/mol. The average molecular weight is 338 g/mol. The minimum atomic E-state index is -0.0711. The fourth-order valence-corrected chi connectivity index (χ4v) is 2.47. The Hall–Kier alpha value is -2.82. The van der Waals surface area contributed by atoms with Gasteiger partial charge in [-0.15, -0.1) is 0 Å². The molecule has 0 unspecified atom stereocenters. The molecule has 0 radical (unpaired) electrons. The number of nitrogens with zero attached hydrogens (tertiary/aromatic N) is 1. The summed E-state index contributed by atoms with van der Waals surface area (Å²) in [6.07, 6.45) is 0. The van der Waals surface area contributed by atoms with Crippen LogP contribution in [0, 0.1) is 6.92 Å².